The largest absolute Gasteiger partial charge is 0.469 e. The van der Waals surface area contributed by atoms with Gasteiger partial charge in [-0.1, -0.05) is 26.7 Å². The second-order valence-corrected chi connectivity index (χ2v) is 5.24. The minimum absolute atomic E-state index is 0.0674. The van der Waals surface area contributed by atoms with E-state index in [9.17, 15) is 4.79 Å². The van der Waals surface area contributed by atoms with Gasteiger partial charge in [0.05, 0.1) is 13.0 Å². The Labute approximate surface area is 98.9 Å². The van der Waals surface area contributed by atoms with E-state index in [1.807, 2.05) is 6.92 Å². The lowest BCUT2D eigenvalue weighted by Gasteiger charge is -2.31. The van der Waals surface area contributed by atoms with Crippen molar-refractivity contribution in [1.82, 2.24) is 5.32 Å². The molecule has 0 amide bonds. The summed E-state index contributed by atoms with van der Waals surface area (Å²) in [7, 11) is 1.45. The Hall–Kier alpha value is -0.570. The summed E-state index contributed by atoms with van der Waals surface area (Å²) in [5, 5.41) is 3.56. The summed E-state index contributed by atoms with van der Waals surface area (Å²) < 4.78 is 4.76. The smallest absolute Gasteiger partial charge is 0.309 e. The van der Waals surface area contributed by atoms with Crippen molar-refractivity contribution in [2.24, 2.45) is 11.8 Å². The van der Waals surface area contributed by atoms with E-state index in [1.165, 1.54) is 32.8 Å². The van der Waals surface area contributed by atoms with Crippen molar-refractivity contribution < 1.29 is 9.53 Å². The number of rotatable bonds is 4. The number of hydrogen-bond donors (Lipinski definition) is 1. The molecule has 0 aromatic carbocycles. The lowest BCUT2D eigenvalue weighted by molar-refractivity contribution is -0.145. The minimum atomic E-state index is -0.121. The number of carbonyl (C=O) groups is 1. The number of nitrogens with one attached hydrogen (secondary N) is 1. The van der Waals surface area contributed by atoms with Gasteiger partial charge in [-0.3, -0.25) is 4.79 Å². The molecule has 1 aliphatic carbocycles. The molecule has 1 aliphatic rings. The molecule has 16 heavy (non-hydrogen) atoms. The number of methoxy groups -OCH3 is 1. The molecule has 94 valence electrons. The topological polar surface area (TPSA) is 38.3 Å². The van der Waals surface area contributed by atoms with Crippen molar-refractivity contribution in [3.8, 4) is 0 Å². The van der Waals surface area contributed by atoms with E-state index >= 15 is 0 Å². The average molecular weight is 227 g/mol. The number of carbonyl (C=O) groups excluding carboxylic acids is 1. The highest BCUT2D eigenvalue weighted by atomic mass is 16.5. The van der Waals surface area contributed by atoms with Crippen molar-refractivity contribution >= 4 is 5.97 Å². The average Bonchev–Trinajstić information content (AvgIpc) is 2.27. The van der Waals surface area contributed by atoms with Crippen LogP contribution in [0.2, 0.25) is 0 Å². The highest BCUT2D eigenvalue weighted by Gasteiger charge is 2.25. The monoisotopic (exact) mass is 227 g/mol. The molecule has 1 fully saturated rings. The zero-order valence-electron chi connectivity index (χ0n) is 11.0. The minimum Gasteiger partial charge on any atom is -0.469 e. The van der Waals surface area contributed by atoms with Gasteiger partial charge in [0.25, 0.3) is 0 Å². The summed E-state index contributed by atoms with van der Waals surface area (Å²) in [6.07, 6.45) is 5.12. The molecule has 4 unspecified atom stereocenters. The Kier molecular flexibility index (Phi) is 5.26. The van der Waals surface area contributed by atoms with E-state index in [4.69, 9.17) is 4.74 Å². The first-order chi connectivity index (χ1) is 7.54. The van der Waals surface area contributed by atoms with Crippen LogP contribution in [0.1, 0.15) is 46.5 Å². The SMILES string of the molecule is COC(=O)C(C)C(C)NC1CCCC(C)C1. The fourth-order valence-electron chi connectivity index (χ4n) is 2.49. The fraction of sp³-hybridized carbons (Fsp3) is 0.923. The molecule has 0 bridgehead atoms. The van der Waals surface area contributed by atoms with Crippen molar-refractivity contribution in [3.63, 3.8) is 0 Å². The predicted octanol–water partition coefficient (Wildman–Crippen LogP) is 2.35. The maximum atomic E-state index is 11.4. The predicted molar refractivity (Wildman–Crippen MR) is 65.2 cm³/mol. The normalized spacial score (nSPS) is 29.5. The Morgan fingerprint density at radius 2 is 2.06 bits per heavy atom. The Bertz CT molecular complexity index is 230. The molecule has 3 nitrogen and oxygen atoms in total. The molecule has 0 radical (unpaired) electrons. The van der Waals surface area contributed by atoms with Crippen LogP contribution in [-0.4, -0.2) is 25.2 Å². The van der Waals surface area contributed by atoms with E-state index < -0.39 is 0 Å². The first-order valence-corrected chi connectivity index (χ1v) is 6.38. The molecule has 0 aromatic heterocycles. The summed E-state index contributed by atoms with van der Waals surface area (Å²) in [6, 6.07) is 0.772. The molecule has 1 N–H and O–H groups in total. The van der Waals surface area contributed by atoms with Crippen LogP contribution in [0.5, 0.6) is 0 Å². The van der Waals surface area contributed by atoms with Gasteiger partial charge in [0.2, 0.25) is 0 Å². The van der Waals surface area contributed by atoms with Crippen molar-refractivity contribution in [1.29, 1.82) is 0 Å². The van der Waals surface area contributed by atoms with Crippen LogP contribution in [0.4, 0.5) is 0 Å². The highest BCUT2D eigenvalue weighted by molar-refractivity contribution is 5.72. The molecule has 0 spiro atoms. The van der Waals surface area contributed by atoms with E-state index in [2.05, 4.69) is 19.2 Å². The first-order valence-electron chi connectivity index (χ1n) is 6.38. The number of esters is 1. The molecule has 3 heteroatoms. The Balaban J connectivity index is 2.37. The molecule has 1 rings (SSSR count). The van der Waals surface area contributed by atoms with Gasteiger partial charge >= 0.3 is 5.97 Å². The third kappa shape index (κ3) is 3.78. The zero-order valence-corrected chi connectivity index (χ0v) is 11.0. The molecular weight excluding hydrogens is 202 g/mol. The third-order valence-electron chi connectivity index (χ3n) is 3.76. The molecule has 0 aromatic rings. The van der Waals surface area contributed by atoms with Crippen LogP contribution in [0.25, 0.3) is 0 Å². The van der Waals surface area contributed by atoms with E-state index in [0.29, 0.717) is 6.04 Å². The fourth-order valence-corrected chi connectivity index (χ4v) is 2.49. The van der Waals surface area contributed by atoms with Crippen molar-refractivity contribution in [3.05, 3.63) is 0 Å². The van der Waals surface area contributed by atoms with E-state index in [0.717, 1.165) is 5.92 Å². The maximum Gasteiger partial charge on any atom is 0.309 e. The molecule has 1 saturated carbocycles. The lowest BCUT2D eigenvalue weighted by Crippen LogP contribution is -2.44. The van der Waals surface area contributed by atoms with Gasteiger partial charge < -0.3 is 10.1 Å². The van der Waals surface area contributed by atoms with Crippen LogP contribution in [0.3, 0.4) is 0 Å². The van der Waals surface area contributed by atoms with Gasteiger partial charge in [0, 0.05) is 12.1 Å². The second-order valence-electron chi connectivity index (χ2n) is 5.24. The highest BCUT2D eigenvalue weighted by Crippen LogP contribution is 2.24. The van der Waals surface area contributed by atoms with Gasteiger partial charge in [-0.25, -0.2) is 0 Å². The molecular formula is C13H25NO2. The standard InChI is InChI=1S/C13H25NO2/c1-9-6-5-7-12(8-9)14-11(3)10(2)13(15)16-4/h9-12,14H,5-8H2,1-4H3. The quantitative estimate of drug-likeness (QED) is 0.749. The van der Waals surface area contributed by atoms with Crippen LogP contribution >= 0.6 is 0 Å². The van der Waals surface area contributed by atoms with Gasteiger partial charge in [0.1, 0.15) is 0 Å². The third-order valence-corrected chi connectivity index (χ3v) is 3.76. The van der Waals surface area contributed by atoms with Crippen molar-refractivity contribution in [2.45, 2.75) is 58.5 Å². The van der Waals surface area contributed by atoms with Crippen LogP contribution < -0.4 is 5.32 Å². The number of hydrogen-bond acceptors (Lipinski definition) is 3. The molecule has 0 heterocycles. The van der Waals surface area contributed by atoms with Crippen LogP contribution in [-0.2, 0) is 9.53 Å². The molecule has 4 atom stereocenters. The summed E-state index contributed by atoms with van der Waals surface area (Å²) in [5.41, 5.74) is 0. The molecule has 0 saturated heterocycles. The van der Waals surface area contributed by atoms with Gasteiger partial charge in [-0.2, -0.15) is 0 Å². The zero-order chi connectivity index (χ0) is 12.1. The Morgan fingerprint density at radius 1 is 1.38 bits per heavy atom. The Morgan fingerprint density at radius 3 is 2.62 bits per heavy atom. The second kappa shape index (κ2) is 6.24. The summed E-state index contributed by atoms with van der Waals surface area (Å²) in [6.45, 7) is 6.30. The van der Waals surface area contributed by atoms with Crippen molar-refractivity contribution in [2.75, 3.05) is 7.11 Å². The van der Waals surface area contributed by atoms with E-state index in [-0.39, 0.29) is 17.9 Å². The lowest BCUT2D eigenvalue weighted by atomic mass is 9.86. The van der Waals surface area contributed by atoms with Gasteiger partial charge in [-0.15, -0.1) is 0 Å². The first kappa shape index (κ1) is 13.5. The summed E-state index contributed by atoms with van der Waals surface area (Å²) >= 11 is 0. The van der Waals surface area contributed by atoms with Crippen LogP contribution in [0.15, 0.2) is 0 Å². The molecule has 0 aliphatic heterocycles. The van der Waals surface area contributed by atoms with Gasteiger partial charge in [-0.05, 0) is 25.7 Å². The van der Waals surface area contributed by atoms with Crippen LogP contribution in [0, 0.1) is 11.8 Å². The maximum absolute atomic E-state index is 11.4. The number of ether oxygens (including phenoxy) is 1. The van der Waals surface area contributed by atoms with Gasteiger partial charge in [0.15, 0.2) is 0 Å². The van der Waals surface area contributed by atoms with E-state index in [1.54, 1.807) is 0 Å². The summed E-state index contributed by atoms with van der Waals surface area (Å²) in [4.78, 5) is 11.4. The summed E-state index contributed by atoms with van der Waals surface area (Å²) in [5.74, 6) is 0.623.